The molecule has 1 N–H and O–H groups in total. The van der Waals surface area contributed by atoms with Crippen molar-refractivity contribution in [3.63, 3.8) is 0 Å². The Kier molecular flexibility index (Phi) is 4.21. The molecule has 0 amide bonds. The van der Waals surface area contributed by atoms with Crippen LogP contribution in [0.25, 0.3) is 0 Å². The van der Waals surface area contributed by atoms with Gasteiger partial charge in [0.1, 0.15) is 6.29 Å². The van der Waals surface area contributed by atoms with E-state index in [1.165, 1.54) is 12.1 Å². The summed E-state index contributed by atoms with van der Waals surface area (Å²) in [5, 5.41) is 20.6. The van der Waals surface area contributed by atoms with Crippen LogP contribution in [-0.4, -0.2) is 16.3 Å². The zero-order valence-electron chi connectivity index (χ0n) is 11.2. The number of halogens is 3. The summed E-state index contributed by atoms with van der Waals surface area (Å²) in [6.45, 7) is 0. The number of carbonyl (C=O) groups excluding carboxylic acids is 1. The van der Waals surface area contributed by atoms with Crippen LogP contribution < -0.4 is 4.74 Å². The fraction of sp³-hybridized carbons (Fsp3) is 0.0714. The van der Waals surface area contributed by atoms with Gasteiger partial charge in [-0.3, -0.25) is 14.9 Å². The Labute approximate surface area is 126 Å². The lowest BCUT2D eigenvalue weighted by atomic mass is 10.1. The monoisotopic (exact) mass is 327 g/mol. The standard InChI is InChI=1S/C14H8F3NO5/c15-14(16,17)9-2-4-12(10(6-9)18(21)22)23-13-3-1-8(7-19)5-11(13)20/h1-7,20H. The average Bonchev–Trinajstić information content (AvgIpc) is 2.48. The van der Waals surface area contributed by atoms with Crippen molar-refractivity contribution < 1.29 is 32.7 Å². The Bertz CT molecular complexity index is 773. The lowest BCUT2D eigenvalue weighted by Gasteiger charge is -2.11. The number of carbonyl (C=O) groups is 1. The molecular weight excluding hydrogens is 319 g/mol. The Morgan fingerprint density at radius 2 is 1.78 bits per heavy atom. The molecular formula is C14H8F3NO5. The zero-order valence-corrected chi connectivity index (χ0v) is 11.2. The highest BCUT2D eigenvalue weighted by molar-refractivity contribution is 5.76. The number of phenols is 1. The van der Waals surface area contributed by atoms with Gasteiger partial charge in [-0.05, 0) is 30.3 Å². The number of alkyl halides is 3. The number of phenolic OH excluding ortho intramolecular Hbond substituents is 1. The molecule has 0 radical (unpaired) electrons. The second-order valence-corrected chi connectivity index (χ2v) is 4.38. The molecule has 0 atom stereocenters. The summed E-state index contributed by atoms with van der Waals surface area (Å²) in [4.78, 5) is 20.5. The van der Waals surface area contributed by atoms with E-state index in [4.69, 9.17) is 4.74 Å². The molecule has 0 fully saturated rings. The molecule has 0 aliphatic carbocycles. The molecule has 120 valence electrons. The third-order valence-electron chi connectivity index (χ3n) is 2.82. The zero-order chi connectivity index (χ0) is 17.2. The summed E-state index contributed by atoms with van der Waals surface area (Å²) in [6.07, 6.45) is -4.28. The van der Waals surface area contributed by atoms with Crippen molar-refractivity contribution in [3.05, 3.63) is 57.6 Å². The molecule has 9 heteroatoms. The predicted octanol–water partition coefficient (Wildman–Crippen LogP) is 3.92. The highest BCUT2D eigenvalue weighted by atomic mass is 19.4. The molecule has 0 spiro atoms. The predicted molar refractivity (Wildman–Crippen MR) is 71.7 cm³/mol. The molecule has 0 aliphatic rings. The van der Waals surface area contributed by atoms with Crippen LogP contribution in [0.5, 0.6) is 17.2 Å². The minimum absolute atomic E-state index is 0.136. The van der Waals surface area contributed by atoms with Crippen LogP contribution in [0.2, 0.25) is 0 Å². The van der Waals surface area contributed by atoms with E-state index in [2.05, 4.69) is 0 Å². The van der Waals surface area contributed by atoms with Crippen molar-refractivity contribution >= 4 is 12.0 Å². The first-order valence-corrected chi connectivity index (χ1v) is 6.04. The van der Waals surface area contributed by atoms with Crippen molar-refractivity contribution in [2.24, 2.45) is 0 Å². The van der Waals surface area contributed by atoms with Gasteiger partial charge in [0.15, 0.2) is 11.5 Å². The maximum atomic E-state index is 12.6. The maximum Gasteiger partial charge on any atom is 0.416 e. The summed E-state index contributed by atoms with van der Waals surface area (Å²) in [7, 11) is 0. The fourth-order valence-corrected chi connectivity index (χ4v) is 1.74. The van der Waals surface area contributed by atoms with Gasteiger partial charge < -0.3 is 9.84 Å². The summed E-state index contributed by atoms with van der Waals surface area (Å²) in [5.41, 5.74) is -1.97. The van der Waals surface area contributed by atoms with Crippen LogP contribution in [0.3, 0.4) is 0 Å². The number of ether oxygens (including phenoxy) is 1. The minimum atomic E-state index is -4.74. The van der Waals surface area contributed by atoms with Gasteiger partial charge in [0.25, 0.3) is 0 Å². The smallest absolute Gasteiger partial charge is 0.416 e. The summed E-state index contributed by atoms with van der Waals surface area (Å²) in [5.74, 6) is -1.19. The number of benzene rings is 2. The van der Waals surface area contributed by atoms with Gasteiger partial charge in [-0.25, -0.2) is 0 Å². The molecule has 2 rings (SSSR count). The van der Waals surface area contributed by atoms with Gasteiger partial charge in [-0.15, -0.1) is 0 Å². The maximum absolute atomic E-state index is 12.6. The van der Waals surface area contributed by atoms with Gasteiger partial charge in [0.2, 0.25) is 5.75 Å². The Morgan fingerprint density at radius 1 is 1.13 bits per heavy atom. The third-order valence-corrected chi connectivity index (χ3v) is 2.82. The second-order valence-electron chi connectivity index (χ2n) is 4.38. The minimum Gasteiger partial charge on any atom is -0.504 e. The molecule has 0 aliphatic heterocycles. The van der Waals surface area contributed by atoms with E-state index in [0.29, 0.717) is 18.4 Å². The first-order valence-electron chi connectivity index (χ1n) is 6.04. The van der Waals surface area contributed by atoms with Crippen molar-refractivity contribution in [3.8, 4) is 17.2 Å². The van der Waals surface area contributed by atoms with Crippen LogP contribution in [-0.2, 0) is 6.18 Å². The van der Waals surface area contributed by atoms with Crippen molar-refractivity contribution in [2.75, 3.05) is 0 Å². The summed E-state index contributed by atoms with van der Waals surface area (Å²) >= 11 is 0. The van der Waals surface area contributed by atoms with Crippen LogP contribution in [0.4, 0.5) is 18.9 Å². The number of nitro benzene ring substituents is 1. The molecule has 0 saturated carbocycles. The normalized spacial score (nSPS) is 11.1. The third kappa shape index (κ3) is 3.57. The van der Waals surface area contributed by atoms with Crippen molar-refractivity contribution in [2.45, 2.75) is 6.18 Å². The summed E-state index contributed by atoms with van der Waals surface area (Å²) < 4.78 is 42.9. The number of nitro groups is 1. The van der Waals surface area contributed by atoms with Crippen LogP contribution >= 0.6 is 0 Å². The van der Waals surface area contributed by atoms with Gasteiger partial charge in [-0.1, -0.05) is 0 Å². The van der Waals surface area contributed by atoms with E-state index in [-0.39, 0.29) is 11.3 Å². The fourth-order valence-electron chi connectivity index (χ4n) is 1.74. The Balaban J connectivity index is 2.44. The number of nitrogens with zero attached hydrogens (tertiary/aromatic N) is 1. The topological polar surface area (TPSA) is 89.7 Å². The van der Waals surface area contributed by atoms with Gasteiger partial charge in [0.05, 0.1) is 10.5 Å². The van der Waals surface area contributed by atoms with E-state index in [9.17, 15) is 33.2 Å². The number of rotatable bonds is 4. The first-order chi connectivity index (χ1) is 10.7. The lowest BCUT2D eigenvalue weighted by Crippen LogP contribution is -2.06. The van der Waals surface area contributed by atoms with Gasteiger partial charge in [-0.2, -0.15) is 13.2 Å². The molecule has 0 heterocycles. The molecule has 2 aromatic rings. The first kappa shape index (κ1) is 16.3. The molecule has 0 bridgehead atoms. The molecule has 2 aromatic carbocycles. The highest BCUT2D eigenvalue weighted by Gasteiger charge is 2.33. The number of hydrogen-bond donors (Lipinski definition) is 1. The molecule has 0 unspecified atom stereocenters. The van der Waals surface area contributed by atoms with E-state index < -0.39 is 33.8 Å². The van der Waals surface area contributed by atoms with Crippen molar-refractivity contribution in [1.82, 2.24) is 0 Å². The van der Waals surface area contributed by atoms with Crippen LogP contribution in [0.1, 0.15) is 15.9 Å². The molecule has 23 heavy (non-hydrogen) atoms. The molecule has 0 aromatic heterocycles. The summed E-state index contributed by atoms with van der Waals surface area (Å²) in [6, 6.07) is 5.25. The SMILES string of the molecule is O=Cc1ccc(Oc2ccc(C(F)(F)F)cc2[N+](=O)[O-])c(O)c1. The quantitative estimate of drug-likeness (QED) is 0.522. The van der Waals surface area contributed by atoms with E-state index in [1.807, 2.05) is 0 Å². The average molecular weight is 327 g/mol. The number of aromatic hydroxyl groups is 1. The molecule has 6 nitrogen and oxygen atoms in total. The number of aldehydes is 1. The second kappa shape index (κ2) is 5.95. The van der Waals surface area contributed by atoms with Crippen molar-refractivity contribution in [1.29, 1.82) is 0 Å². The van der Waals surface area contributed by atoms with Crippen LogP contribution in [0.15, 0.2) is 36.4 Å². The highest BCUT2D eigenvalue weighted by Crippen LogP contribution is 2.39. The molecule has 0 saturated heterocycles. The van der Waals surface area contributed by atoms with Crippen LogP contribution in [0, 0.1) is 10.1 Å². The van der Waals surface area contributed by atoms with Gasteiger partial charge >= 0.3 is 11.9 Å². The van der Waals surface area contributed by atoms with E-state index in [0.717, 1.165) is 12.1 Å². The van der Waals surface area contributed by atoms with Gasteiger partial charge in [0, 0.05) is 11.6 Å². The van der Waals surface area contributed by atoms with E-state index >= 15 is 0 Å². The number of hydrogen-bond acceptors (Lipinski definition) is 5. The Morgan fingerprint density at radius 3 is 2.30 bits per heavy atom. The largest absolute Gasteiger partial charge is 0.504 e. The lowest BCUT2D eigenvalue weighted by molar-refractivity contribution is -0.385. The Hall–Kier alpha value is -3.10. The van der Waals surface area contributed by atoms with E-state index in [1.54, 1.807) is 0 Å².